The van der Waals surface area contributed by atoms with Crippen LogP contribution in [0.4, 0.5) is 27.6 Å². The molecule has 1 aliphatic rings. The Balaban J connectivity index is 1.67. The first-order valence-corrected chi connectivity index (χ1v) is 11.6. The third-order valence-corrected chi connectivity index (χ3v) is 6.09. The van der Waals surface area contributed by atoms with Gasteiger partial charge in [0.2, 0.25) is 15.9 Å². The van der Waals surface area contributed by atoms with Crippen LogP contribution in [0.25, 0.3) is 0 Å². The molecule has 3 rings (SSSR count). The topological polar surface area (TPSA) is 84.5 Å². The van der Waals surface area contributed by atoms with Crippen LogP contribution >= 0.6 is 0 Å². The number of hydrogen-bond donors (Lipinski definition) is 2. The lowest BCUT2D eigenvalue weighted by Crippen LogP contribution is -2.30. The van der Waals surface area contributed by atoms with Crippen molar-refractivity contribution in [2.24, 2.45) is 5.92 Å². The van der Waals surface area contributed by atoms with Crippen molar-refractivity contribution < 1.29 is 39.9 Å². The molecule has 3 atom stereocenters. The first-order chi connectivity index (χ1) is 15.1. The number of alkyl halides is 3. The van der Waals surface area contributed by atoms with E-state index in [1.807, 2.05) is 0 Å². The van der Waals surface area contributed by atoms with E-state index in [0.717, 1.165) is 18.4 Å². The number of carbonyl (C=O) groups excluding carboxylic acids is 1. The zero-order valence-electron chi connectivity index (χ0n) is 17.8. The van der Waals surface area contributed by atoms with Crippen molar-refractivity contribution in [1.82, 2.24) is 5.32 Å². The van der Waals surface area contributed by atoms with E-state index in [1.165, 1.54) is 31.2 Å². The molecule has 180 valence electrons. The van der Waals surface area contributed by atoms with Crippen LogP contribution in [0, 0.1) is 17.6 Å². The fourth-order valence-electron chi connectivity index (χ4n) is 3.63. The van der Waals surface area contributed by atoms with Crippen molar-refractivity contribution in [2.75, 3.05) is 11.0 Å². The van der Waals surface area contributed by atoms with Crippen LogP contribution in [0.1, 0.15) is 37.4 Å². The summed E-state index contributed by atoms with van der Waals surface area (Å²) in [4.78, 5) is 12.7. The average molecular weight is 492 g/mol. The van der Waals surface area contributed by atoms with Gasteiger partial charge in [-0.1, -0.05) is 19.1 Å². The fourth-order valence-corrected chi connectivity index (χ4v) is 4.19. The second-order valence-electron chi connectivity index (χ2n) is 8.21. The van der Waals surface area contributed by atoms with E-state index in [-0.39, 0.29) is 17.2 Å². The number of sulfonamides is 1. The first kappa shape index (κ1) is 24.7. The van der Waals surface area contributed by atoms with Gasteiger partial charge < -0.3 is 10.1 Å². The summed E-state index contributed by atoms with van der Waals surface area (Å²) in [5.41, 5.74) is -0.681. The average Bonchev–Trinajstić information content (AvgIpc) is 3.36. The summed E-state index contributed by atoms with van der Waals surface area (Å²) in [7, 11) is -3.89. The van der Waals surface area contributed by atoms with Gasteiger partial charge in [0.15, 0.2) is 11.6 Å². The van der Waals surface area contributed by atoms with Gasteiger partial charge in [0.25, 0.3) is 0 Å². The minimum atomic E-state index is -4.80. The Morgan fingerprint density at radius 3 is 2.18 bits per heavy atom. The summed E-state index contributed by atoms with van der Waals surface area (Å²) in [6, 6.07) is 6.30. The maximum absolute atomic E-state index is 14.2. The van der Waals surface area contributed by atoms with E-state index in [1.54, 1.807) is 11.6 Å². The van der Waals surface area contributed by atoms with Gasteiger partial charge in [0.1, 0.15) is 11.4 Å². The van der Waals surface area contributed by atoms with Crippen LogP contribution in [0.15, 0.2) is 36.4 Å². The van der Waals surface area contributed by atoms with Gasteiger partial charge in [-0.05, 0) is 48.7 Å². The molecule has 0 aliphatic heterocycles. The molecule has 1 aliphatic carbocycles. The van der Waals surface area contributed by atoms with Gasteiger partial charge in [-0.3, -0.25) is 9.52 Å². The zero-order chi connectivity index (χ0) is 24.8. The summed E-state index contributed by atoms with van der Waals surface area (Å²) >= 11 is 0. The first-order valence-electron chi connectivity index (χ1n) is 9.72. The Labute approximate surface area is 187 Å². The van der Waals surface area contributed by atoms with E-state index in [2.05, 4.69) is 10.1 Å². The number of nitrogens with one attached hydrogen (secondary N) is 2. The Bertz CT molecular complexity index is 1150. The second-order valence-corrected chi connectivity index (χ2v) is 9.96. The molecule has 12 heteroatoms. The summed E-state index contributed by atoms with van der Waals surface area (Å²) in [5, 5.41) is 2.66. The Morgan fingerprint density at radius 1 is 1.15 bits per heavy atom. The standard InChI is InChI=1S/C21H21F5N2O4S/c1-11(12-8-16(22)18(17(23)9-12)28-33(3,30)31)27-19(29)15-10-20(15,2)13-4-6-14(7-5-13)32-21(24,25)26/h4-9,11,15,28H,10H2,1-3H3,(H,27,29)/t11-,15?,20?/m1/s1. The molecule has 2 unspecified atom stereocenters. The summed E-state index contributed by atoms with van der Waals surface area (Å²) in [6.45, 7) is 3.30. The lowest BCUT2D eigenvalue weighted by Gasteiger charge is -2.18. The van der Waals surface area contributed by atoms with Crippen molar-refractivity contribution in [3.05, 3.63) is 59.2 Å². The van der Waals surface area contributed by atoms with Gasteiger partial charge in [0, 0.05) is 11.3 Å². The summed E-state index contributed by atoms with van der Waals surface area (Å²) in [6.07, 6.45) is -3.61. The molecule has 2 aromatic carbocycles. The largest absolute Gasteiger partial charge is 0.573 e. The molecule has 1 fully saturated rings. The Hall–Kier alpha value is -2.89. The van der Waals surface area contributed by atoms with Gasteiger partial charge in [-0.15, -0.1) is 13.2 Å². The highest BCUT2D eigenvalue weighted by atomic mass is 32.2. The number of halogens is 5. The number of hydrogen-bond acceptors (Lipinski definition) is 4. The van der Waals surface area contributed by atoms with Crippen molar-refractivity contribution in [2.45, 2.75) is 38.1 Å². The molecule has 0 spiro atoms. The van der Waals surface area contributed by atoms with Gasteiger partial charge in [-0.25, -0.2) is 17.2 Å². The molecule has 0 radical (unpaired) electrons. The molecule has 33 heavy (non-hydrogen) atoms. The number of amides is 1. The third-order valence-electron chi connectivity index (χ3n) is 5.51. The maximum atomic E-state index is 14.2. The summed E-state index contributed by atoms with van der Waals surface area (Å²) < 4.78 is 93.5. The molecular weight excluding hydrogens is 471 g/mol. The van der Waals surface area contributed by atoms with Crippen LogP contribution in [0.3, 0.4) is 0 Å². The maximum Gasteiger partial charge on any atom is 0.573 e. The highest BCUT2D eigenvalue weighted by Crippen LogP contribution is 2.54. The van der Waals surface area contributed by atoms with Crippen molar-refractivity contribution in [3.8, 4) is 5.75 Å². The molecule has 1 saturated carbocycles. The highest BCUT2D eigenvalue weighted by Gasteiger charge is 2.55. The second kappa shape index (κ2) is 8.47. The smallest absolute Gasteiger partial charge is 0.406 e. The molecule has 2 N–H and O–H groups in total. The van der Waals surface area contributed by atoms with Crippen LogP contribution in [-0.4, -0.2) is 26.9 Å². The molecule has 0 bridgehead atoms. The number of benzene rings is 2. The van der Waals surface area contributed by atoms with E-state index in [9.17, 15) is 35.2 Å². The SMILES string of the molecule is C[C@@H](NC(=O)C1CC1(C)c1ccc(OC(F)(F)F)cc1)c1cc(F)c(NS(C)(=O)=O)c(F)c1. The van der Waals surface area contributed by atoms with E-state index < -0.39 is 51.1 Å². The molecule has 0 aromatic heterocycles. The van der Waals surface area contributed by atoms with Gasteiger partial charge in [0.05, 0.1) is 12.3 Å². The predicted octanol–water partition coefficient (Wildman–Crippen LogP) is 4.39. The van der Waals surface area contributed by atoms with Crippen molar-refractivity contribution >= 4 is 21.6 Å². The minimum Gasteiger partial charge on any atom is -0.406 e. The molecular formula is C21H21F5N2O4S. The molecule has 0 heterocycles. The number of anilines is 1. The van der Waals surface area contributed by atoms with Gasteiger partial charge in [-0.2, -0.15) is 0 Å². The lowest BCUT2D eigenvalue weighted by atomic mass is 9.95. The van der Waals surface area contributed by atoms with E-state index >= 15 is 0 Å². The molecule has 6 nitrogen and oxygen atoms in total. The predicted molar refractivity (Wildman–Crippen MR) is 110 cm³/mol. The number of ether oxygens (including phenoxy) is 1. The van der Waals surface area contributed by atoms with Crippen LogP contribution in [0.5, 0.6) is 5.75 Å². The third kappa shape index (κ3) is 5.92. The molecule has 0 saturated heterocycles. The number of rotatable bonds is 7. The van der Waals surface area contributed by atoms with Crippen molar-refractivity contribution in [1.29, 1.82) is 0 Å². The van der Waals surface area contributed by atoms with Crippen molar-refractivity contribution in [3.63, 3.8) is 0 Å². The highest BCUT2D eigenvalue weighted by molar-refractivity contribution is 7.92. The lowest BCUT2D eigenvalue weighted by molar-refractivity contribution is -0.274. The van der Waals surface area contributed by atoms with Crippen LogP contribution in [0.2, 0.25) is 0 Å². The van der Waals surface area contributed by atoms with Crippen LogP contribution < -0.4 is 14.8 Å². The van der Waals surface area contributed by atoms with Gasteiger partial charge >= 0.3 is 6.36 Å². The Kier molecular flexibility index (Phi) is 6.35. The fraction of sp³-hybridized carbons (Fsp3) is 0.381. The van der Waals surface area contributed by atoms with E-state index in [4.69, 9.17) is 0 Å². The Morgan fingerprint density at radius 2 is 1.70 bits per heavy atom. The van der Waals surface area contributed by atoms with Crippen LogP contribution in [-0.2, 0) is 20.2 Å². The zero-order valence-corrected chi connectivity index (χ0v) is 18.6. The monoisotopic (exact) mass is 492 g/mol. The number of carbonyl (C=O) groups is 1. The molecule has 1 amide bonds. The van der Waals surface area contributed by atoms with E-state index in [0.29, 0.717) is 12.0 Å². The normalized spacial score (nSPS) is 21.3. The quantitative estimate of drug-likeness (QED) is 0.562. The molecule has 2 aromatic rings. The summed E-state index contributed by atoms with van der Waals surface area (Å²) in [5.74, 6) is -3.51. The minimum absolute atomic E-state index is 0.0911.